The van der Waals surface area contributed by atoms with Gasteiger partial charge < -0.3 is 18.9 Å². The van der Waals surface area contributed by atoms with Crippen LogP contribution in [0, 0.1) is 23.5 Å². The Hall–Kier alpha value is -1.41. The first-order chi connectivity index (χ1) is 16.6. The van der Waals surface area contributed by atoms with Crippen molar-refractivity contribution in [3.63, 3.8) is 0 Å². The summed E-state index contributed by atoms with van der Waals surface area (Å²) in [4.78, 5) is 0. The van der Waals surface area contributed by atoms with Gasteiger partial charge in [0.15, 0.2) is 17.9 Å². The minimum Gasteiger partial charge on any atom is -0.491 e. The number of allylic oxidation sites excluding steroid dienone is 3. The van der Waals surface area contributed by atoms with Gasteiger partial charge in [0.1, 0.15) is 0 Å². The van der Waals surface area contributed by atoms with Crippen LogP contribution >= 0.6 is 11.8 Å². The maximum atomic E-state index is 14.6. The van der Waals surface area contributed by atoms with Crippen LogP contribution in [0.25, 0.3) is 5.57 Å². The van der Waals surface area contributed by atoms with Crippen LogP contribution in [0.2, 0.25) is 0 Å². The first-order valence-corrected chi connectivity index (χ1v) is 13.5. The molecule has 3 aliphatic rings. The van der Waals surface area contributed by atoms with Crippen LogP contribution in [-0.2, 0) is 14.2 Å². The molecule has 0 radical (unpaired) electrons. The van der Waals surface area contributed by atoms with Gasteiger partial charge >= 0.3 is 0 Å². The predicted octanol–water partition coefficient (Wildman–Crippen LogP) is 6.39. The predicted molar refractivity (Wildman–Crippen MR) is 132 cm³/mol. The highest BCUT2D eigenvalue weighted by molar-refractivity contribution is 8.00. The van der Waals surface area contributed by atoms with Crippen molar-refractivity contribution < 1.29 is 27.7 Å². The molecule has 0 amide bonds. The van der Waals surface area contributed by atoms with Crippen LogP contribution in [0.3, 0.4) is 0 Å². The van der Waals surface area contributed by atoms with Crippen molar-refractivity contribution >= 4 is 17.3 Å². The molecule has 1 aliphatic carbocycles. The summed E-state index contributed by atoms with van der Waals surface area (Å²) in [5, 5.41) is 0.554. The third-order valence-electron chi connectivity index (χ3n) is 6.94. The van der Waals surface area contributed by atoms with E-state index in [0.717, 1.165) is 50.2 Å². The molecule has 3 atom stereocenters. The molecule has 0 saturated carbocycles. The van der Waals surface area contributed by atoms with Crippen LogP contribution in [0.4, 0.5) is 8.78 Å². The van der Waals surface area contributed by atoms with E-state index < -0.39 is 11.6 Å². The smallest absolute Gasteiger partial charge is 0.201 e. The number of ether oxygens (including phenoxy) is 4. The molecule has 34 heavy (non-hydrogen) atoms. The lowest BCUT2D eigenvalue weighted by molar-refractivity contribution is -0.225. The van der Waals surface area contributed by atoms with Gasteiger partial charge in [-0.15, -0.1) is 0 Å². The van der Waals surface area contributed by atoms with E-state index in [2.05, 4.69) is 6.08 Å². The highest BCUT2D eigenvalue weighted by atomic mass is 32.2. The summed E-state index contributed by atoms with van der Waals surface area (Å²) < 4.78 is 52.2. The molecule has 2 unspecified atom stereocenters. The van der Waals surface area contributed by atoms with E-state index in [4.69, 9.17) is 18.9 Å². The van der Waals surface area contributed by atoms with Crippen LogP contribution < -0.4 is 4.74 Å². The summed E-state index contributed by atoms with van der Waals surface area (Å²) in [6, 6.07) is 3.13. The summed E-state index contributed by atoms with van der Waals surface area (Å²) in [6.45, 7) is 6.20. The van der Waals surface area contributed by atoms with Gasteiger partial charge in [-0.1, -0.05) is 18.2 Å². The van der Waals surface area contributed by atoms with E-state index in [0.29, 0.717) is 42.5 Å². The highest BCUT2D eigenvalue weighted by Gasteiger charge is 2.36. The van der Waals surface area contributed by atoms with Crippen LogP contribution in [0.5, 0.6) is 5.75 Å². The van der Waals surface area contributed by atoms with Crippen molar-refractivity contribution in [1.82, 2.24) is 0 Å². The summed E-state index contributed by atoms with van der Waals surface area (Å²) in [5.41, 5.74) is 1.17. The normalized spacial score (nSPS) is 30.4. The zero-order valence-electron chi connectivity index (χ0n) is 20.1. The van der Waals surface area contributed by atoms with E-state index in [1.165, 1.54) is 6.07 Å². The van der Waals surface area contributed by atoms with Gasteiger partial charge in [0.2, 0.25) is 5.82 Å². The molecular weight excluding hydrogens is 458 g/mol. The number of benzene rings is 1. The standard InChI is InChI=1S/C27H36F2O4S/c1-3-5-14-31-21-10-13-24(34-17-21)20-15-32-27(33-16-20)19-8-6-18(7-9-19)22-11-12-23(30-4-2)26(29)25(22)28/h3,5-6,11-12,19-21,24,27H,4,7-10,13-17H2,1-2H3/b5-3+/t19?,20?,21?,24-,27?/m0/s1. The molecule has 0 bridgehead atoms. The van der Waals surface area contributed by atoms with Gasteiger partial charge in [0.25, 0.3) is 0 Å². The van der Waals surface area contributed by atoms with Gasteiger partial charge in [-0.05, 0) is 63.7 Å². The second kappa shape index (κ2) is 12.5. The highest BCUT2D eigenvalue weighted by Crippen LogP contribution is 2.39. The minimum atomic E-state index is -0.913. The molecular formula is C27H36F2O4S. The fourth-order valence-corrected chi connectivity index (χ4v) is 6.41. The number of halogens is 2. The maximum absolute atomic E-state index is 14.6. The Kier molecular flexibility index (Phi) is 9.46. The van der Waals surface area contributed by atoms with E-state index >= 15 is 0 Å². The average molecular weight is 495 g/mol. The molecule has 1 aromatic carbocycles. The first kappa shape index (κ1) is 25.7. The molecule has 7 heteroatoms. The Bertz CT molecular complexity index is 858. The average Bonchev–Trinajstić information content (AvgIpc) is 2.88. The van der Waals surface area contributed by atoms with Crippen LogP contribution in [0.1, 0.15) is 51.5 Å². The van der Waals surface area contributed by atoms with Gasteiger partial charge in [0, 0.05) is 28.4 Å². The van der Waals surface area contributed by atoms with Crippen molar-refractivity contribution in [3.05, 3.63) is 47.6 Å². The largest absolute Gasteiger partial charge is 0.491 e. The minimum absolute atomic E-state index is 0.0376. The lowest BCUT2D eigenvalue weighted by Gasteiger charge is -2.39. The summed E-state index contributed by atoms with van der Waals surface area (Å²) in [6.07, 6.45) is 10.7. The Balaban J connectivity index is 1.24. The van der Waals surface area contributed by atoms with Gasteiger partial charge in [-0.2, -0.15) is 16.2 Å². The Morgan fingerprint density at radius 1 is 1.09 bits per heavy atom. The van der Waals surface area contributed by atoms with Gasteiger partial charge in [0.05, 0.1) is 32.5 Å². The topological polar surface area (TPSA) is 36.9 Å². The van der Waals surface area contributed by atoms with Crippen molar-refractivity contribution in [3.8, 4) is 5.75 Å². The van der Waals surface area contributed by atoms with E-state index in [9.17, 15) is 8.78 Å². The molecule has 2 aliphatic heterocycles. The third-order valence-corrected chi connectivity index (χ3v) is 8.55. The van der Waals surface area contributed by atoms with E-state index in [-0.39, 0.29) is 18.0 Å². The molecule has 0 N–H and O–H groups in total. The zero-order chi connectivity index (χ0) is 23.9. The fraction of sp³-hybridized carbons (Fsp3) is 0.630. The molecule has 2 fully saturated rings. The molecule has 2 saturated heterocycles. The van der Waals surface area contributed by atoms with Crippen molar-refractivity contribution in [2.24, 2.45) is 11.8 Å². The zero-order valence-corrected chi connectivity index (χ0v) is 21.0. The van der Waals surface area contributed by atoms with Crippen molar-refractivity contribution in [1.29, 1.82) is 0 Å². The van der Waals surface area contributed by atoms with Crippen LogP contribution in [-0.4, -0.2) is 49.8 Å². The van der Waals surface area contributed by atoms with Crippen molar-refractivity contribution in [2.75, 3.05) is 32.2 Å². The summed E-state index contributed by atoms with van der Waals surface area (Å²) >= 11 is 1.98. The molecule has 4 nitrogen and oxygen atoms in total. The Morgan fingerprint density at radius 2 is 1.91 bits per heavy atom. The summed E-state index contributed by atoms with van der Waals surface area (Å²) in [5.74, 6) is -0.102. The quantitative estimate of drug-likeness (QED) is 0.391. The summed E-state index contributed by atoms with van der Waals surface area (Å²) in [7, 11) is 0. The molecule has 1 aromatic rings. The van der Waals surface area contributed by atoms with Crippen molar-refractivity contribution in [2.45, 2.75) is 63.6 Å². The Labute approximate surface area is 206 Å². The monoisotopic (exact) mass is 494 g/mol. The number of hydrogen-bond donors (Lipinski definition) is 0. The van der Waals surface area contributed by atoms with E-state index in [1.807, 2.05) is 30.8 Å². The molecule has 0 aromatic heterocycles. The molecule has 188 valence electrons. The molecule has 0 spiro atoms. The lowest BCUT2D eigenvalue weighted by atomic mass is 9.85. The third kappa shape index (κ3) is 6.23. The first-order valence-electron chi connectivity index (χ1n) is 12.5. The number of rotatable bonds is 8. The second-order valence-corrected chi connectivity index (χ2v) is 10.5. The molecule has 2 heterocycles. The number of thioether (sulfide) groups is 1. The SMILES string of the molecule is C/C=C/COC1CC[C@@H](C2COC(C3CC=C(c4ccc(OCC)c(F)c4F)CC3)OC2)SC1. The fourth-order valence-electron chi connectivity index (χ4n) is 4.95. The maximum Gasteiger partial charge on any atom is 0.201 e. The lowest BCUT2D eigenvalue weighted by Crippen LogP contribution is -2.42. The number of hydrogen-bond acceptors (Lipinski definition) is 5. The van der Waals surface area contributed by atoms with Gasteiger partial charge in [-0.3, -0.25) is 0 Å². The van der Waals surface area contributed by atoms with E-state index in [1.54, 1.807) is 13.0 Å². The molecule has 4 rings (SSSR count). The Morgan fingerprint density at radius 3 is 2.56 bits per heavy atom. The van der Waals surface area contributed by atoms with Crippen LogP contribution in [0.15, 0.2) is 30.4 Å². The second-order valence-electron chi connectivity index (χ2n) is 9.20. The van der Waals surface area contributed by atoms with Gasteiger partial charge in [-0.25, -0.2) is 4.39 Å².